The van der Waals surface area contributed by atoms with Gasteiger partial charge in [-0.15, -0.1) is 0 Å². The Balaban J connectivity index is 1.25. The first kappa shape index (κ1) is 24.5. The van der Waals surface area contributed by atoms with Crippen molar-refractivity contribution in [2.45, 2.75) is 51.2 Å². The monoisotopic (exact) mass is 536 g/mol. The molecular weight excluding hydrogens is 507 g/mol. The summed E-state index contributed by atoms with van der Waals surface area (Å²) in [6, 6.07) is 12.4. The van der Waals surface area contributed by atoms with E-state index in [4.69, 9.17) is 32.7 Å². The molecule has 0 saturated carbocycles. The molecule has 1 saturated heterocycles. The maximum atomic E-state index is 6.64. The van der Waals surface area contributed by atoms with Crippen molar-refractivity contribution in [3.05, 3.63) is 70.0 Å². The molecule has 1 N–H and O–H groups in total. The van der Waals surface area contributed by atoms with E-state index in [1.807, 2.05) is 25.1 Å². The van der Waals surface area contributed by atoms with Gasteiger partial charge in [0.25, 0.3) is 0 Å². The van der Waals surface area contributed by atoms with Crippen molar-refractivity contribution in [2.24, 2.45) is 0 Å². The first-order valence-electron chi connectivity index (χ1n) is 12.9. The molecule has 2 aliphatic heterocycles. The average Bonchev–Trinajstić information content (AvgIpc) is 3.32. The van der Waals surface area contributed by atoms with E-state index in [1.54, 1.807) is 12.4 Å². The summed E-state index contributed by atoms with van der Waals surface area (Å²) in [5.74, 6) is 1.73. The number of hydrogen-bond donors (Lipinski definition) is 1. The van der Waals surface area contributed by atoms with Gasteiger partial charge in [0, 0.05) is 42.0 Å². The topological polar surface area (TPSA) is 63.3 Å². The van der Waals surface area contributed by atoms with Gasteiger partial charge in [0.2, 0.25) is 0 Å². The van der Waals surface area contributed by atoms with E-state index in [0.29, 0.717) is 15.8 Å². The average molecular weight is 537 g/mol. The third kappa shape index (κ3) is 4.67. The maximum absolute atomic E-state index is 6.64. The summed E-state index contributed by atoms with van der Waals surface area (Å²) in [5.41, 5.74) is 4.87. The zero-order chi connectivity index (χ0) is 25.6. The molecule has 8 heteroatoms. The second-order valence-corrected chi connectivity index (χ2v) is 10.9. The van der Waals surface area contributed by atoms with Gasteiger partial charge in [-0.3, -0.25) is 10.1 Å². The predicted molar refractivity (Wildman–Crippen MR) is 148 cm³/mol. The molecule has 0 bridgehead atoms. The van der Waals surface area contributed by atoms with Gasteiger partial charge in [-0.05, 0) is 81.1 Å². The van der Waals surface area contributed by atoms with Crippen LogP contribution in [0.2, 0.25) is 10.0 Å². The number of halogens is 2. The molecule has 2 aliphatic rings. The lowest BCUT2D eigenvalue weighted by Crippen LogP contribution is -2.49. The quantitative estimate of drug-likeness (QED) is 0.291. The molecule has 6 nitrogen and oxygen atoms in total. The molecule has 2 aromatic carbocycles. The second kappa shape index (κ2) is 9.82. The molecule has 0 unspecified atom stereocenters. The minimum atomic E-state index is -0.340. The highest BCUT2D eigenvalue weighted by molar-refractivity contribution is 6.35. The van der Waals surface area contributed by atoms with E-state index < -0.39 is 0 Å². The van der Waals surface area contributed by atoms with Crippen LogP contribution in [0, 0.1) is 0 Å². The number of nitrogens with zero attached hydrogens (tertiary/aromatic N) is 3. The van der Waals surface area contributed by atoms with Crippen LogP contribution in [0.25, 0.3) is 22.2 Å². The van der Waals surface area contributed by atoms with Crippen molar-refractivity contribution in [1.29, 1.82) is 0 Å². The van der Waals surface area contributed by atoms with E-state index in [-0.39, 0.29) is 11.7 Å². The fourth-order valence-corrected chi connectivity index (χ4v) is 6.33. The van der Waals surface area contributed by atoms with Gasteiger partial charge in [-0.2, -0.15) is 5.10 Å². The number of aromatic nitrogens is 3. The fourth-order valence-electron chi connectivity index (χ4n) is 5.66. The summed E-state index contributed by atoms with van der Waals surface area (Å²) in [4.78, 5) is 6.54. The molecule has 0 amide bonds. The minimum absolute atomic E-state index is 0.0112. The number of fused-ring (bicyclic) bond motifs is 2. The lowest BCUT2D eigenvalue weighted by atomic mass is 9.82. The molecule has 2 aromatic heterocycles. The SMILES string of the molecule is CCN1CCC2(CCc3cc(-c4n[nH]c5ccc(O[C@H](C)c6c(Cl)cncc6Cl)cc45)ccc3O2)CC1. The van der Waals surface area contributed by atoms with Gasteiger partial charge in [0.05, 0.1) is 15.6 Å². The van der Waals surface area contributed by atoms with Crippen LogP contribution in [0.5, 0.6) is 11.5 Å². The van der Waals surface area contributed by atoms with Crippen LogP contribution in [0.15, 0.2) is 48.8 Å². The minimum Gasteiger partial charge on any atom is -0.487 e. The van der Waals surface area contributed by atoms with Crippen LogP contribution in [0.4, 0.5) is 0 Å². The van der Waals surface area contributed by atoms with Crippen molar-refractivity contribution >= 4 is 34.1 Å². The third-order valence-electron chi connectivity index (χ3n) is 7.87. The number of aryl methyl sites for hydroxylation is 1. The van der Waals surface area contributed by atoms with E-state index in [1.165, 1.54) is 5.56 Å². The zero-order valence-electron chi connectivity index (χ0n) is 21.1. The Bertz CT molecular complexity index is 1430. The number of aromatic amines is 1. The molecule has 4 heterocycles. The van der Waals surface area contributed by atoms with Crippen molar-refractivity contribution in [3.63, 3.8) is 0 Å². The smallest absolute Gasteiger partial charge is 0.124 e. The van der Waals surface area contributed by atoms with Crippen molar-refractivity contribution in [2.75, 3.05) is 19.6 Å². The molecule has 1 atom stereocenters. The molecule has 37 heavy (non-hydrogen) atoms. The highest BCUT2D eigenvalue weighted by Gasteiger charge is 2.39. The molecular formula is C29H30Cl2N4O2. The number of hydrogen-bond acceptors (Lipinski definition) is 5. The number of benzene rings is 2. The van der Waals surface area contributed by atoms with Gasteiger partial charge in [0.1, 0.15) is 28.9 Å². The van der Waals surface area contributed by atoms with Crippen LogP contribution in [-0.4, -0.2) is 45.3 Å². The van der Waals surface area contributed by atoms with Crippen molar-refractivity contribution < 1.29 is 9.47 Å². The van der Waals surface area contributed by atoms with E-state index in [0.717, 1.165) is 78.8 Å². The number of likely N-dealkylation sites (tertiary alicyclic amines) is 1. The summed E-state index contributed by atoms with van der Waals surface area (Å²) in [6.45, 7) is 7.51. The summed E-state index contributed by atoms with van der Waals surface area (Å²) < 4.78 is 12.9. The molecule has 4 aromatic rings. The molecule has 192 valence electrons. The van der Waals surface area contributed by atoms with E-state index >= 15 is 0 Å². The first-order valence-corrected chi connectivity index (χ1v) is 13.7. The van der Waals surface area contributed by atoms with Crippen LogP contribution in [0.1, 0.15) is 50.3 Å². The van der Waals surface area contributed by atoms with Crippen molar-refractivity contribution in [3.8, 4) is 22.8 Å². The molecule has 1 fully saturated rings. The van der Waals surface area contributed by atoms with Gasteiger partial charge in [0.15, 0.2) is 0 Å². The largest absolute Gasteiger partial charge is 0.487 e. The van der Waals surface area contributed by atoms with Crippen LogP contribution in [-0.2, 0) is 6.42 Å². The zero-order valence-corrected chi connectivity index (χ0v) is 22.6. The molecule has 0 aliphatic carbocycles. The summed E-state index contributed by atoms with van der Waals surface area (Å²) in [5, 5.41) is 9.77. The number of ether oxygens (including phenoxy) is 2. The highest BCUT2D eigenvalue weighted by atomic mass is 35.5. The molecule has 0 radical (unpaired) electrons. The number of H-pyrrole nitrogens is 1. The summed E-state index contributed by atoms with van der Waals surface area (Å²) in [6.07, 6.45) is 7.11. The summed E-state index contributed by atoms with van der Waals surface area (Å²) in [7, 11) is 0. The predicted octanol–water partition coefficient (Wildman–Crippen LogP) is 7.25. The fraction of sp³-hybridized carbons (Fsp3) is 0.379. The standard InChI is InChI=1S/C29H30Cl2N4O2/c1-3-35-12-10-29(11-13-35)9-8-19-14-20(4-7-26(19)37-29)28-22-15-21(5-6-25(22)33-34-28)36-18(2)27-23(30)16-32-17-24(27)31/h4-7,14-18H,3,8-13H2,1-2H3,(H,33,34)/t18-/m1/s1. The van der Waals surface area contributed by atoms with Crippen molar-refractivity contribution in [1.82, 2.24) is 20.1 Å². The lowest BCUT2D eigenvalue weighted by molar-refractivity contribution is -0.0132. The Kier molecular flexibility index (Phi) is 6.51. The number of pyridine rings is 1. The number of rotatable bonds is 5. The van der Waals surface area contributed by atoms with Crippen LogP contribution in [0.3, 0.4) is 0 Å². The Morgan fingerprint density at radius 3 is 2.62 bits per heavy atom. The van der Waals surface area contributed by atoms with E-state index in [2.05, 4.69) is 45.2 Å². The van der Waals surface area contributed by atoms with Gasteiger partial charge >= 0.3 is 0 Å². The first-order chi connectivity index (χ1) is 17.9. The normalized spacial score (nSPS) is 17.9. The van der Waals surface area contributed by atoms with Crippen LogP contribution < -0.4 is 9.47 Å². The Morgan fingerprint density at radius 2 is 1.86 bits per heavy atom. The van der Waals surface area contributed by atoms with Crippen LogP contribution >= 0.6 is 23.2 Å². The number of piperidine rings is 1. The molecule has 1 spiro atoms. The lowest BCUT2D eigenvalue weighted by Gasteiger charge is -2.44. The Labute approximate surface area is 226 Å². The van der Waals surface area contributed by atoms with Gasteiger partial charge < -0.3 is 14.4 Å². The highest BCUT2D eigenvalue weighted by Crippen LogP contribution is 2.41. The molecule has 6 rings (SSSR count). The summed E-state index contributed by atoms with van der Waals surface area (Å²) >= 11 is 12.7. The maximum Gasteiger partial charge on any atom is 0.124 e. The number of nitrogens with one attached hydrogen (secondary N) is 1. The second-order valence-electron chi connectivity index (χ2n) is 10.1. The van der Waals surface area contributed by atoms with E-state index in [9.17, 15) is 0 Å². The van der Waals surface area contributed by atoms with Gasteiger partial charge in [-0.1, -0.05) is 30.1 Å². The Hall–Kier alpha value is -2.80. The van der Waals surface area contributed by atoms with Gasteiger partial charge in [-0.25, -0.2) is 0 Å². The third-order valence-corrected chi connectivity index (χ3v) is 8.47. The Morgan fingerprint density at radius 1 is 1.08 bits per heavy atom.